The molecule has 0 atom stereocenters. The van der Waals surface area contributed by atoms with Crippen LogP contribution in [0.1, 0.15) is 10.4 Å². The molecule has 3 rings (SSSR count). The molecule has 0 aliphatic rings. The van der Waals surface area contributed by atoms with Gasteiger partial charge in [0, 0.05) is 22.8 Å². The highest BCUT2D eigenvalue weighted by Crippen LogP contribution is 2.25. The molecule has 2 aromatic carbocycles. The first kappa shape index (κ1) is 17.1. The number of hydrogen-bond acceptors (Lipinski definition) is 5. The maximum absolute atomic E-state index is 13.4. The first-order valence-electron chi connectivity index (χ1n) is 6.92. The van der Waals surface area contributed by atoms with Crippen LogP contribution in [0.5, 0.6) is 0 Å². The van der Waals surface area contributed by atoms with Crippen LogP contribution in [0.25, 0.3) is 10.6 Å². The molecule has 2 N–H and O–H groups in total. The van der Waals surface area contributed by atoms with Crippen LogP contribution in [-0.4, -0.2) is 24.5 Å². The number of thiazole rings is 1. The summed E-state index contributed by atoms with van der Waals surface area (Å²) in [5.41, 5.74) is 0.427. The van der Waals surface area contributed by atoms with Gasteiger partial charge in [-0.05, 0) is 42.5 Å². The fraction of sp³-hybridized carbons (Fsp3) is 0. The zero-order valence-electron chi connectivity index (χ0n) is 12.5. The fourth-order valence-corrected chi connectivity index (χ4v) is 3.83. The standard InChI is InChI=1S/C16H11FN2O4S2/c17-14-6-5-12(9-13(14)16(20)21)25(22,23)19-11-3-1-10(2-4-11)15-18-7-8-24-15/h1-9,19H,(H,20,21). The molecule has 128 valence electrons. The van der Waals surface area contributed by atoms with E-state index < -0.39 is 27.4 Å². The van der Waals surface area contributed by atoms with Crippen molar-refractivity contribution in [1.29, 1.82) is 0 Å². The van der Waals surface area contributed by atoms with Gasteiger partial charge in [0.05, 0.1) is 10.5 Å². The number of aromatic carboxylic acids is 1. The lowest BCUT2D eigenvalue weighted by Gasteiger charge is -2.09. The smallest absolute Gasteiger partial charge is 0.338 e. The van der Waals surface area contributed by atoms with Crippen LogP contribution in [0.2, 0.25) is 0 Å². The second-order valence-electron chi connectivity index (χ2n) is 4.97. The number of nitrogens with one attached hydrogen (secondary N) is 1. The Labute approximate surface area is 146 Å². The Balaban J connectivity index is 1.86. The van der Waals surface area contributed by atoms with E-state index in [1.165, 1.54) is 11.3 Å². The van der Waals surface area contributed by atoms with Crippen LogP contribution >= 0.6 is 11.3 Å². The number of nitrogens with zero attached hydrogens (tertiary/aromatic N) is 1. The lowest BCUT2D eigenvalue weighted by molar-refractivity contribution is 0.0691. The minimum absolute atomic E-state index is 0.293. The monoisotopic (exact) mass is 378 g/mol. The summed E-state index contributed by atoms with van der Waals surface area (Å²) in [7, 11) is -4.05. The molecule has 0 saturated carbocycles. The predicted molar refractivity (Wildman–Crippen MR) is 91.7 cm³/mol. The summed E-state index contributed by atoms with van der Waals surface area (Å²) in [6.45, 7) is 0. The highest BCUT2D eigenvalue weighted by Gasteiger charge is 2.19. The Bertz CT molecular complexity index is 1020. The van der Waals surface area contributed by atoms with E-state index >= 15 is 0 Å². The molecule has 0 saturated heterocycles. The number of carboxylic acids is 1. The molecule has 1 aromatic heterocycles. The third-order valence-corrected chi connectivity index (χ3v) is 5.50. The molecule has 9 heteroatoms. The summed E-state index contributed by atoms with van der Waals surface area (Å²) < 4.78 is 40.5. The maximum Gasteiger partial charge on any atom is 0.338 e. The molecule has 25 heavy (non-hydrogen) atoms. The van der Waals surface area contributed by atoms with Gasteiger partial charge in [-0.3, -0.25) is 4.72 Å². The van der Waals surface area contributed by atoms with Crippen molar-refractivity contribution >= 4 is 33.0 Å². The average Bonchev–Trinajstić information content (AvgIpc) is 3.09. The van der Waals surface area contributed by atoms with Gasteiger partial charge >= 0.3 is 5.97 Å². The summed E-state index contributed by atoms with van der Waals surface area (Å²) in [6, 6.07) is 9.15. The summed E-state index contributed by atoms with van der Waals surface area (Å²) >= 11 is 1.46. The number of rotatable bonds is 5. The van der Waals surface area contributed by atoms with E-state index in [1.807, 2.05) is 5.38 Å². The lowest BCUT2D eigenvalue weighted by atomic mass is 10.2. The number of aromatic nitrogens is 1. The molecule has 0 fully saturated rings. The van der Waals surface area contributed by atoms with E-state index in [1.54, 1.807) is 30.5 Å². The Hall–Kier alpha value is -2.78. The lowest BCUT2D eigenvalue weighted by Crippen LogP contribution is -2.14. The van der Waals surface area contributed by atoms with Gasteiger partial charge in [-0.1, -0.05) is 0 Å². The van der Waals surface area contributed by atoms with Gasteiger partial charge in [0.15, 0.2) is 0 Å². The zero-order valence-corrected chi connectivity index (χ0v) is 14.1. The molecule has 0 radical (unpaired) electrons. The largest absolute Gasteiger partial charge is 0.478 e. The van der Waals surface area contributed by atoms with Crippen molar-refractivity contribution in [3.05, 3.63) is 65.4 Å². The Morgan fingerprint density at radius 1 is 1.16 bits per heavy atom. The van der Waals surface area contributed by atoms with E-state index in [0.29, 0.717) is 5.69 Å². The van der Waals surface area contributed by atoms with Gasteiger partial charge in [-0.15, -0.1) is 11.3 Å². The van der Waals surface area contributed by atoms with Crippen LogP contribution in [-0.2, 0) is 10.0 Å². The fourth-order valence-electron chi connectivity index (χ4n) is 2.10. The first-order chi connectivity index (χ1) is 11.9. The van der Waals surface area contributed by atoms with Crippen molar-refractivity contribution in [2.45, 2.75) is 4.90 Å². The van der Waals surface area contributed by atoms with Crippen molar-refractivity contribution in [2.24, 2.45) is 0 Å². The van der Waals surface area contributed by atoms with Crippen molar-refractivity contribution in [3.63, 3.8) is 0 Å². The Kier molecular flexibility index (Phi) is 4.51. The number of anilines is 1. The molecule has 0 bridgehead atoms. The highest BCUT2D eigenvalue weighted by molar-refractivity contribution is 7.92. The van der Waals surface area contributed by atoms with Crippen LogP contribution in [0.15, 0.2) is 58.9 Å². The molecule has 0 aliphatic heterocycles. The maximum atomic E-state index is 13.4. The summed E-state index contributed by atoms with van der Waals surface area (Å²) in [6.07, 6.45) is 1.67. The van der Waals surface area contributed by atoms with E-state index in [-0.39, 0.29) is 4.90 Å². The minimum atomic E-state index is -4.05. The number of sulfonamides is 1. The summed E-state index contributed by atoms with van der Waals surface area (Å²) in [4.78, 5) is 14.8. The molecule has 0 unspecified atom stereocenters. The van der Waals surface area contributed by atoms with Crippen molar-refractivity contribution in [1.82, 2.24) is 4.98 Å². The minimum Gasteiger partial charge on any atom is -0.478 e. The predicted octanol–water partition coefficient (Wildman–Crippen LogP) is 3.45. The molecule has 3 aromatic rings. The van der Waals surface area contributed by atoms with E-state index in [2.05, 4.69) is 9.71 Å². The SMILES string of the molecule is O=C(O)c1cc(S(=O)(=O)Nc2ccc(-c3nccs3)cc2)ccc1F. The molecule has 0 aliphatic carbocycles. The van der Waals surface area contributed by atoms with Crippen LogP contribution in [0.3, 0.4) is 0 Å². The number of halogens is 1. The van der Waals surface area contributed by atoms with Gasteiger partial charge in [0.1, 0.15) is 10.8 Å². The third kappa shape index (κ3) is 3.67. The first-order valence-corrected chi connectivity index (χ1v) is 9.29. The van der Waals surface area contributed by atoms with Crippen molar-refractivity contribution < 1.29 is 22.7 Å². The average molecular weight is 378 g/mol. The molecular formula is C16H11FN2O4S2. The van der Waals surface area contributed by atoms with Crippen LogP contribution in [0.4, 0.5) is 10.1 Å². The Morgan fingerprint density at radius 3 is 2.48 bits per heavy atom. The summed E-state index contributed by atoms with van der Waals surface area (Å²) in [5, 5.41) is 11.5. The van der Waals surface area contributed by atoms with E-state index in [9.17, 15) is 17.6 Å². The Morgan fingerprint density at radius 2 is 1.88 bits per heavy atom. The molecule has 1 heterocycles. The number of carboxylic acid groups (broad SMARTS) is 1. The molecule has 0 amide bonds. The van der Waals surface area contributed by atoms with Gasteiger partial charge in [0.2, 0.25) is 0 Å². The molecule has 0 spiro atoms. The number of hydrogen-bond donors (Lipinski definition) is 2. The van der Waals surface area contributed by atoms with Crippen LogP contribution < -0.4 is 4.72 Å². The second-order valence-corrected chi connectivity index (χ2v) is 7.54. The van der Waals surface area contributed by atoms with E-state index in [0.717, 1.165) is 28.8 Å². The normalized spacial score (nSPS) is 11.2. The van der Waals surface area contributed by atoms with Gasteiger partial charge in [0.25, 0.3) is 10.0 Å². The molecule has 6 nitrogen and oxygen atoms in total. The second kappa shape index (κ2) is 6.61. The topological polar surface area (TPSA) is 96.4 Å². The highest BCUT2D eigenvalue weighted by atomic mass is 32.2. The molecular weight excluding hydrogens is 367 g/mol. The quantitative estimate of drug-likeness (QED) is 0.709. The number of benzene rings is 2. The van der Waals surface area contributed by atoms with Crippen molar-refractivity contribution in [3.8, 4) is 10.6 Å². The van der Waals surface area contributed by atoms with Gasteiger partial charge < -0.3 is 5.11 Å². The third-order valence-electron chi connectivity index (χ3n) is 3.29. The van der Waals surface area contributed by atoms with Crippen LogP contribution in [0, 0.1) is 5.82 Å². The zero-order chi connectivity index (χ0) is 18.0. The number of carbonyl (C=O) groups is 1. The van der Waals surface area contributed by atoms with Gasteiger partial charge in [-0.2, -0.15) is 0 Å². The van der Waals surface area contributed by atoms with Crippen molar-refractivity contribution in [2.75, 3.05) is 4.72 Å². The summed E-state index contributed by atoms with van der Waals surface area (Å²) in [5.74, 6) is -2.54. The van der Waals surface area contributed by atoms with E-state index in [4.69, 9.17) is 5.11 Å². The van der Waals surface area contributed by atoms with Gasteiger partial charge in [-0.25, -0.2) is 22.6 Å².